The van der Waals surface area contributed by atoms with E-state index in [-0.39, 0.29) is 17.9 Å². The maximum atomic E-state index is 13.5. The molecule has 1 unspecified atom stereocenters. The lowest BCUT2D eigenvalue weighted by atomic mass is 10.0. The number of thiophene rings is 1. The van der Waals surface area contributed by atoms with Crippen LogP contribution in [0.2, 0.25) is 0 Å². The van der Waals surface area contributed by atoms with Crippen LogP contribution in [-0.4, -0.2) is 45.5 Å². The molecule has 0 fully saturated rings. The van der Waals surface area contributed by atoms with Crippen LogP contribution in [0.25, 0.3) is 21.9 Å². The molecule has 5 aromatic rings. The molecule has 0 aliphatic rings. The first-order valence-electron chi connectivity index (χ1n) is 11.1. The zero-order valence-electron chi connectivity index (χ0n) is 19.4. The molecule has 0 saturated heterocycles. The zero-order chi connectivity index (χ0) is 23.8. The molecule has 10 nitrogen and oxygen atoms in total. The van der Waals surface area contributed by atoms with Crippen molar-refractivity contribution in [2.75, 3.05) is 0 Å². The van der Waals surface area contributed by atoms with E-state index in [4.69, 9.17) is 4.98 Å². The summed E-state index contributed by atoms with van der Waals surface area (Å²) in [6, 6.07) is 5.65. The van der Waals surface area contributed by atoms with Gasteiger partial charge in [-0.3, -0.25) is 14.3 Å². The number of amides is 1. The molecule has 0 bridgehead atoms. The highest BCUT2D eigenvalue weighted by Crippen LogP contribution is 2.31. The van der Waals surface area contributed by atoms with Gasteiger partial charge in [-0.2, -0.15) is 5.10 Å². The summed E-state index contributed by atoms with van der Waals surface area (Å²) < 4.78 is 3.70. The summed E-state index contributed by atoms with van der Waals surface area (Å²) in [6.07, 6.45) is 7.58. The van der Waals surface area contributed by atoms with Gasteiger partial charge in [0.15, 0.2) is 5.65 Å². The first kappa shape index (κ1) is 22.0. The quantitative estimate of drug-likeness (QED) is 0.370. The standard InChI is InChI=1S/C23H25N9OS/c1-5-16-9-26-30-32(16)17-8-15(23(33)28-20(13(2)3)21-25-12-27-29-21)11-31-18(10-24-22(17)31)19-7-6-14(4)34-19/h6-13,20H,5H2,1-4H3,(H,28,33)(H,25,27,29). The van der Waals surface area contributed by atoms with Crippen molar-refractivity contribution in [2.24, 2.45) is 5.92 Å². The number of carbonyl (C=O) groups is 1. The number of rotatable bonds is 7. The second kappa shape index (κ2) is 8.82. The first-order chi connectivity index (χ1) is 16.5. The molecule has 0 aromatic carbocycles. The molecule has 0 saturated carbocycles. The summed E-state index contributed by atoms with van der Waals surface area (Å²) in [5.74, 6) is 0.505. The topological polar surface area (TPSA) is 119 Å². The van der Waals surface area contributed by atoms with Crippen LogP contribution in [-0.2, 0) is 6.42 Å². The highest BCUT2D eigenvalue weighted by molar-refractivity contribution is 7.15. The van der Waals surface area contributed by atoms with E-state index in [0.717, 1.165) is 22.7 Å². The number of hydrogen-bond acceptors (Lipinski definition) is 7. The minimum absolute atomic E-state index is 0.111. The molecule has 2 N–H and O–H groups in total. The summed E-state index contributed by atoms with van der Waals surface area (Å²) in [4.78, 5) is 24.7. The van der Waals surface area contributed by atoms with Crippen LogP contribution in [0.3, 0.4) is 0 Å². The van der Waals surface area contributed by atoms with Gasteiger partial charge in [-0.15, -0.1) is 16.4 Å². The largest absolute Gasteiger partial charge is 0.342 e. The summed E-state index contributed by atoms with van der Waals surface area (Å²) in [5.41, 5.74) is 3.73. The molecule has 0 aliphatic heterocycles. The number of imidazole rings is 1. The van der Waals surface area contributed by atoms with Crippen LogP contribution in [0, 0.1) is 12.8 Å². The zero-order valence-corrected chi connectivity index (χ0v) is 20.2. The lowest BCUT2D eigenvalue weighted by Gasteiger charge is -2.20. The molecule has 5 heterocycles. The van der Waals surface area contributed by atoms with Gasteiger partial charge in [0.2, 0.25) is 0 Å². The van der Waals surface area contributed by atoms with E-state index < -0.39 is 0 Å². The Morgan fingerprint density at radius 3 is 2.76 bits per heavy atom. The molecule has 0 aliphatic carbocycles. The molecular weight excluding hydrogens is 450 g/mol. The summed E-state index contributed by atoms with van der Waals surface area (Å²) in [5, 5.41) is 18.3. The Kier molecular flexibility index (Phi) is 5.70. The predicted molar refractivity (Wildman–Crippen MR) is 129 cm³/mol. The minimum atomic E-state index is -0.311. The molecule has 1 atom stereocenters. The van der Waals surface area contributed by atoms with Gasteiger partial charge >= 0.3 is 0 Å². The van der Waals surface area contributed by atoms with Gasteiger partial charge in [0.05, 0.1) is 40.3 Å². The molecule has 5 aromatic heterocycles. The maximum absolute atomic E-state index is 13.5. The van der Waals surface area contributed by atoms with E-state index in [2.05, 4.69) is 49.9 Å². The molecule has 0 radical (unpaired) electrons. The fourth-order valence-electron chi connectivity index (χ4n) is 3.94. The van der Waals surface area contributed by atoms with Crippen molar-refractivity contribution in [3.8, 4) is 16.3 Å². The van der Waals surface area contributed by atoms with Crippen LogP contribution in [0.1, 0.15) is 53.6 Å². The van der Waals surface area contributed by atoms with Crippen LogP contribution in [0.4, 0.5) is 0 Å². The number of H-pyrrole nitrogens is 1. The van der Waals surface area contributed by atoms with Crippen molar-refractivity contribution in [3.05, 3.63) is 65.1 Å². The van der Waals surface area contributed by atoms with Gasteiger partial charge in [-0.1, -0.05) is 26.0 Å². The van der Waals surface area contributed by atoms with Crippen LogP contribution in [0.5, 0.6) is 0 Å². The highest BCUT2D eigenvalue weighted by atomic mass is 32.1. The number of nitrogens with zero attached hydrogens (tertiary/aromatic N) is 7. The molecule has 11 heteroatoms. The average molecular weight is 476 g/mol. The molecule has 5 rings (SSSR count). The maximum Gasteiger partial charge on any atom is 0.253 e. The van der Waals surface area contributed by atoms with Gasteiger partial charge < -0.3 is 5.32 Å². The average Bonchev–Trinajstić information content (AvgIpc) is 3.62. The monoisotopic (exact) mass is 475 g/mol. The molecule has 174 valence electrons. The minimum Gasteiger partial charge on any atom is -0.342 e. The van der Waals surface area contributed by atoms with Gasteiger partial charge in [-0.25, -0.2) is 14.6 Å². The number of aromatic amines is 1. The van der Waals surface area contributed by atoms with Crippen molar-refractivity contribution in [3.63, 3.8) is 0 Å². The second-order valence-electron chi connectivity index (χ2n) is 8.42. The lowest BCUT2D eigenvalue weighted by molar-refractivity contribution is 0.0922. The Hall–Kier alpha value is -3.86. The number of pyridine rings is 1. The van der Waals surface area contributed by atoms with E-state index in [1.54, 1.807) is 22.2 Å². The Labute approximate surface area is 200 Å². The van der Waals surface area contributed by atoms with E-state index in [1.807, 2.05) is 43.6 Å². The van der Waals surface area contributed by atoms with Gasteiger partial charge in [-0.05, 0) is 37.5 Å². The predicted octanol–water partition coefficient (Wildman–Crippen LogP) is 3.76. The Balaban J connectivity index is 1.65. The molecule has 34 heavy (non-hydrogen) atoms. The SMILES string of the molecule is CCc1cnnn1-c1cc(C(=O)NC(c2ncn[nH]2)C(C)C)cn2c(-c3ccc(C)s3)cnc12. The van der Waals surface area contributed by atoms with Gasteiger partial charge in [0.1, 0.15) is 17.8 Å². The van der Waals surface area contributed by atoms with Crippen molar-refractivity contribution in [1.29, 1.82) is 0 Å². The molecule has 0 spiro atoms. The van der Waals surface area contributed by atoms with Crippen molar-refractivity contribution < 1.29 is 4.79 Å². The first-order valence-corrected chi connectivity index (χ1v) is 11.9. The van der Waals surface area contributed by atoms with Gasteiger partial charge in [0.25, 0.3) is 5.91 Å². The fraction of sp³-hybridized carbons (Fsp3) is 0.304. The van der Waals surface area contributed by atoms with Crippen molar-refractivity contribution >= 4 is 22.9 Å². The van der Waals surface area contributed by atoms with E-state index in [1.165, 1.54) is 11.2 Å². The van der Waals surface area contributed by atoms with Crippen LogP contribution >= 0.6 is 11.3 Å². The third-order valence-corrected chi connectivity index (χ3v) is 6.76. The summed E-state index contributed by atoms with van der Waals surface area (Å²) in [6.45, 7) is 8.16. The van der Waals surface area contributed by atoms with E-state index >= 15 is 0 Å². The highest BCUT2D eigenvalue weighted by Gasteiger charge is 2.24. The third-order valence-electron chi connectivity index (χ3n) is 5.73. The normalized spacial score (nSPS) is 12.5. The third kappa shape index (κ3) is 3.87. The Bertz CT molecular complexity index is 1440. The number of nitrogens with one attached hydrogen (secondary N) is 2. The van der Waals surface area contributed by atoms with Crippen LogP contribution in [0.15, 0.2) is 43.1 Å². The summed E-state index contributed by atoms with van der Waals surface area (Å²) in [7, 11) is 0. The number of fused-ring (bicyclic) bond motifs is 1. The van der Waals surface area contributed by atoms with Crippen molar-refractivity contribution in [2.45, 2.75) is 40.2 Å². The number of aryl methyl sites for hydroxylation is 2. The fourth-order valence-corrected chi connectivity index (χ4v) is 4.82. The lowest BCUT2D eigenvalue weighted by Crippen LogP contribution is -2.32. The van der Waals surface area contributed by atoms with E-state index in [9.17, 15) is 4.79 Å². The molecular formula is C23H25N9OS. The Morgan fingerprint density at radius 1 is 1.24 bits per heavy atom. The van der Waals surface area contributed by atoms with Gasteiger partial charge in [0, 0.05) is 11.1 Å². The summed E-state index contributed by atoms with van der Waals surface area (Å²) >= 11 is 1.68. The molecule has 1 amide bonds. The second-order valence-corrected chi connectivity index (χ2v) is 9.71. The van der Waals surface area contributed by atoms with Crippen LogP contribution < -0.4 is 5.32 Å². The Morgan fingerprint density at radius 2 is 2.09 bits per heavy atom. The smallest absolute Gasteiger partial charge is 0.253 e. The van der Waals surface area contributed by atoms with Crippen molar-refractivity contribution in [1.82, 2.24) is 44.9 Å². The van der Waals surface area contributed by atoms with E-state index in [0.29, 0.717) is 22.7 Å². The number of hydrogen-bond donors (Lipinski definition) is 2. The number of carbonyl (C=O) groups excluding carboxylic acids is 1. The number of aromatic nitrogens is 8.